The summed E-state index contributed by atoms with van der Waals surface area (Å²) in [5.74, 6) is 0.307. The average molecular weight is 382 g/mol. The zero-order valence-corrected chi connectivity index (χ0v) is 14.5. The highest BCUT2D eigenvalue weighted by Crippen LogP contribution is 2.22. The molecule has 0 saturated heterocycles. The molecular formula is C12H20BrN3O4S. The van der Waals surface area contributed by atoms with Crippen molar-refractivity contribution in [2.45, 2.75) is 11.3 Å². The smallest absolute Gasteiger partial charge is 0.244 e. The summed E-state index contributed by atoms with van der Waals surface area (Å²) in [6.45, 7) is 1.80. The van der Waals surface area contributed by atoms with Crippen LogP contribution < -0.4 is 10.0 Å². The van der Waals surface area contributed by atoms with Gasteiger partial charge in [0.1, 0.15) is 10.7 Å². The summed E-state index contributed by atoms with van der Waals surface area (Å²) in [5, 5.41) is 2.76. The van der Waals surface area contributed by atoms with Crippen molar-refractivity contribution in [1.82, 2.24) is 9.71 Å². The molecule has 1 aromatic rings. The number of rotatable bonds is 10. The minimum Gasteiger partial charge on any atom is -0.382 e. The first kappa shape index (κ1) is 18.3. The number of ether oxygens (including phenoxy) is 2. The monoisotopic (exact) mass is 381 g/mol. The van der Waals surface area contributed by atoms with Gasteiger partial charge in [-0.25, -0.2) is 18.1 Å². The van der Waals surface area contributed by atoms with E-state index in [9.17, 15) is 8.42 Å². The van der Waals surface area contributed by atoms with Crippen molar-refractivity contribution in [2.75, 3.05) is 45.8 Å². The third-order valence-electron chi connectivity index (χ3n) is 2.54. The maximum Gasteiger partial charge on any atom is 0.244 e. The van der Waals surface area contributed by atoms with Crippen LogP contribution in [0.5, 0.6) is 0 Å². The van der Waals surface area contributed by atoms with Crippen LogP contribution in [0.15, 0.2) is 21.6 Å². The Morgan fingerprint density at radius 1 is 1.33 bits per heavy atom. The van der Waals surface area contributed by atoms with Crippen LogP contribution in [0.25, 0.3) is 0 Å². The normalized spacial score (nSPS) is 11.6. The lowest BCUT2D eigenvalue weighted by Crippen LogP contribution is -2.26. The molecule has 7 nitrogen and oxygen atoms in total. The molecule has 0 amide bonds. The van der Waals surface area contributed by atoms with Gasteiger partial charge in [-0.05, 0) is 28.4 Å². The van der Waals surface area contributed by atoms with Gasteiger partial charge in [-0.1, -0.05) is 0 Å². The zero-order chi connectivity index (χ0) is 15.7. The first-order valence-corrected chi connectivity index (χ1v) is 8.68. The standard InChI is InChI=1S/C12H20BrN3O4S/c1-14-12-11(8-10(13)9-15-12)21(17,18)16-4-3-5-20-7-6-19-2/h8-9,16H,3-7H2,1-2H3,(H,14,15). The Hall–Kier alpha value is -0.740. The van der Waals surface area contributed by atoms with E-state index >= 15 is 0 Å². The van der Waals surface area contributed by atoms with Crippen molar-refractivity contribution in [2.24, 2.45) is 0 Å². The Balaban J connectivity index is 2.52. The first-order chi connectivity index (χ1) is 10.0. The van der Waals surface area contributed by atoms with Crippen LogP contribution in [0.4, 0.5) is 5.82 Å². The van der Waals surface area contributed by atoms with Gasteiger partial charge in [0.05, 0.1) is 13.2 Å². The van der Waals surface area contributed by atoms with Gasteiger partial charge in [-0.15, -0.1) is 0 Å². The largest absolute Gasteiger partial charge is 0.382 e. The number of nitrogens with zero attached hydrogens (tertiary/aromatic N) is 1. The van der Waals surface area contributed by atoms with E-state index in [1.165, 1.54) is 12.3 Å². The fourth-order valence-electron chi connectivity index (χ4n) is 1.52. The molecule has 120 valence electrons. The van der Waals surface area contributed by atoms with Gasteiger partial charge >= 0.3 is 0 Å². The average Bonchev–Trinajstić information content (AvgIpc) is 2.46. The highest BCUT2D eigenvalue weighted by atomic mass is 79.9. The van der Waals surface area contributed by atoms with E-state index in [-0.39, 0.29) is 4.90 Å². The summed E-state index contributed by atoms with van der Waals surface area (Å²) in [6, 6.07) is 1.51. The Labute approximate surface area is 133 Å². The highest BCUT2D eigenvalue weighted by molar-refractivity contribution is 9.10. The number of pyridine rings is 1. The molecule has 0 aliphatic heterocycles. The zero-order valence-electron chi connectivity index (χ0n) is 12.1. The molecule has 0 aliphatic rings. The van der Waals surface area contributed by atoms with Crippen LogP contribution in [0.2, 0.25) is 0 Å². The Morgan fingerprint density at radius 3 is 2.76 bits per heavy atom. The summed E-state index contributed by atoms with van der Waals surface area (Å²) >= 11 is 3.22. The number of anilines is 1. The Bertz CT molecular complexity index is 539. The number of aromatic nitrogens is 1. The van der Waals surface area contributed by atoms with Gasteiger partial charge < -0.3 is 14.8 Å². The molecule has 0 saturated carbocycles. The molecule has 0 aliphatic carbocycles. The van der Waals surface area contributed by atoms with Crippen LogP contribution in [0, 0.1) is 0 Å². The molecule has 1 heterocycles. The van der Waals surface area contributed by atoms with Crippen molar-refractivity contribution in [1.29, 1.82) is 0 Å². The summed E-state index contributed by atoms with van der Waals surface area (Å²) < 4.78 is 37.7. The predicted octanol–water partition coefficient (Wildman–Crippen LogP) is 1.22. The topological polar surface area (TPSA) is 89.6 Å². The second-order valence-electron chi connectivity index (χ2n) is 4.11. The molecule has 0 unspecified atom stereocenters. The van der Waals surface area contributed by atoms with Crippen molar-refractivity contribution in [3.63, 3.8) is 0 Å². The molecular weight excluding hydrogens is 362 g/mol. The molecule has 9 heteroatoms. The molecule has 0 atom stereocenters. The summed E-state index contributed by atoms with van der Waals surface area (Å²) in [4.78, 5) is 4.14. The van der Waals surface area contributed by atoms with Gasteiger partial charge in [0.25, 0.3) is 0 Å². The lowest BCUT2D eigenvalue weighted by molar-refractivity contribution is 0.0699. The third-order valence-corrected chi connectivity index (χ3v) is 4.44. The number of nitrogens with one attached hydrogen (secondary N) is 2. The molecule has 1 rings (SSSR count). The first-order valence-electron chi connectivity index (χ1n) is 6.41. The fourth-order valence-corrected chi connectivity index (χ4v) is 3.26. The van der Waals surface area contributed by atoms with E-state index < -0.39 is 10.0 Å². The van der Waals surface area contributed by atoms with Gasteiger partial charge in [0, 0.05) is 38.0 Å². The molecule has 1 aromatic heterocycles. The molecule has 0 aromatic carbocycles. The second kappa shape index (κ2) is 9.31. The minimum atomic E-state index is -3.61. The molecule has 0 radical (unpaired) electrons. The lowest BCUT2D eigenvalue weighted by Gasteiger charge is -2.11. The third kappa shape index (κ3) is 6.27. The van der Waals surface area contributed by atoms with E-state index in [1.54, 1.807) is 14.2 Å². The molecule has 21 heavy (non-hydrogen) atoms. The van der Waals surface area contributed by atoms with Crippen molar-refractivity contribution in [3.8, 4) is 0 Å². The molecule has 0 fully saturated rings. The number of hydrogen-bond donors (Lipinski definition) is 2. The Kier molecular flexibility index (Phi) is 8.12. The SMILES string of the molecule is CNc1ncc(Br)cc1S(=O)(=O)NCCCOCCOC. The fraction of sp³-hybridized carbons (Fsp3) is 0.583. The van der Waals surface area contributed by atoms with E-state index in [1.807, 2.05) is 0 Å². The summed E-state index contributed by atoms with van der Waals surface area (Å²) in [7, 11) is -0.384. The van der Waals surface area contributed by atoms with E-state index in [4.69, 9.17) is 9.47 Å². The van der Waals surface area contributed by atoms with E-state index in [2.05, 4.69) is 31.0 Å². The maximum absolute atomic E-state index is 12.2. The second-order valence-corrected chi connectivity index (χ2v) is 6.76. The molecule has 0 spiro atoms. The van der Waals surface area contributed by atoms with Gasteiger partial charge in [0.15, 0.2) is 0 Å². The van der Waals surface area contributed by atoms with E-state index in [0.717, 1.165) is 0 Å². The predicted molar refractivity (Wildman–Crippen MR) is 84.0 cm³/mol. The quantitative estimate of drug-likeness (QED) is 0.592. The van der Waals surface area contributed by atoms with Crippen LogP contribution in [-0.4, -0.2) is 53.9 Å². The van der Waals surface area contributed by atoms with Crippen molar-refractivity contribution < 1.29 is 17.9 Å². The van der Waals surface area contributed by atoms with Crippen molar-refractivity contribution in [3.05, 3.63) is 16.7 Å². The van der Waals surface area contributed by atoms with E-state index in [0.29, 0.717) is 43.1 Å². The van der Waals surface area contributed by atoms with Gasteiger partial charge in [0.2, 0.25) is 10.0 Å². The maximum atomic E-state index is 12.2. The summed E-state index contributed by atoms with van der Waals surface area (Å²) in [5.41, 5.74) is 0. The highest BCUT2D eigenvalue weighted by Gasteiger charge is 2.19. The lowest BCUT2D eigenvalue weighted by atomic mass is 10.4. The number of sulfonamides is 1. The van der Waals surface area contributed by atoms with Crippen LogP contribution in [-0.2, 0) is 19.5 Å². The number of hydrogen-bond acceptors (Lipinski definition) is 6. The van der Waals surface area contributed by atoms with Crippen LogP contribution >= 0.6 is 15.9 Å². The molecule has 0 bridgehead atoms. The Morgan fingerprint density at radius 2 is 2.10 bits per heavy atom. The van der Waals surface area contributed by atoms with Gasteiger partial charge in [-0.2, -0.15) is 0 Å². The number of halogens is 1. The molecule has 2 N–H and O–H groups in total. The minimum absolute atomic E-state index is 0.111. The van der Waals surface area contributed by atoms with Crippen LogP contribution in [0.3, 0.4) is 0 Å². The van der Waals surface area contributed by atoms with Crippen molar-refractivity contribution >= 4 is 31.8 Å². The summed E-state index contributed by atoms with van der Waals surface area (Å²) in [6.07, 6.45) is 2.12. The number of methoxy groups -OCH3 is 1. The van der Waals surface area contributed by atoms with Crippen LogP contribution in [0.1, 0.15) is 6.42 Å². The van der Waals surface area contributed by atoms with Gasteiger partial charge in [-0.3, -0.25) is 0 Å².